The molecule has 8 heteroatoms. The van der Waals surface area contributed by atoms with Crippen molar-refractivity contribution in [3.63, 3.8) is 0 Å². The minimum atomic E-state index is -3.46. The van der Waals surface area contributed by atoms with Gasteiger partial charge in [-0.25, -0.2) is 12.7 Å². The lowest BCUT2D eigenvalue weighted by atomic mass is 10.1. The van der Waals surface area contributed by atoms with Crippen LogP contribution in [0.15, 0.2) is 47.4 Å². The Morgan fingerprint density at radius 1 is 1.03 bits per heavy atom. The van der Waals surface area contributed by atoms with E-state index < -0.39 is 16.1 Å². The lowest BCUT2D eigenvalue weighted by Crippen LogP contribution is -2.38. The monoisotopic (exact) mass is 420 g/mol. The quantitative estimate of drug-likeness (QED) is 0.630. The van der Waals surface area contributed by atoms with Gasteiger partial charge in [0.2, 0.25) is 10.0 Å². The predicted octanol–water partition coefficient (Wildman–Crippen LogP) is 2.52. The van der Waals surface area contributed by atoms with Gasteiger partial charge in [-0.1, -0.05) is 6.07 Å². The average Bonchev–Trinajstić information content (AvgIpc) is 2.64. The molecule has 0 aliphatic carbocycles. The van der Waals surface area contributed by atoms with Crippen LogP contribution in [0, 0.1) is 13.8 Å². The molecule has 1 unspecified atom stereocenters. The van der Waals surface area contributed by atoms with E-state index in [1.807, 2.05) is 32.0 Å². The van der Waals surface area contributed by atoms with E-state index in [2.05, 4.69) is 5.32 Å². The smallest absolute Gasteiger partial charge is 0.260 e. The first-order valence-electron chi connectivity index (χ1n) is 9.27. The van der Waals surface area contributed by atoms with Gasteiger partial charge in [0.05, 0.1) is 11.4 Å². The van der Waals surface area contributed by atoms with Crippen LogP contribution < -0.4 is 14.8 Å². The van der Waals surface area contributed by atoms with Gasteiger partial charge < -0.3 is 14.8 Å². The molecule has 7 nitrogen and oxygen atoms in total. The van der Waals surface area contributed by atoms with Crippen molar-refractivity contribution >= 4 is 15.9 Å². The van der Waals surface area contributed by atoms with Crippen molar-refractivity contribution in [3.05, 3.63) is 53.6 Å². The number of carbonyl (C=O) groups is 1. The zero-order valence-corrected chi connectivity index (χ0v) is 18.2. The maximum atomic E-state index is 12.2. The number of amides is 1. The third kappa shape index (κ3) is 6.47. The predicted molar refractivity (Wildman–Crippen MR) is 112 cm³/mol. The summed E-state index contributed by atoms with van der Waals surface area (Å²) in [4.78, 5) is 12.4. The minimum Gasteiger partial charge on any atom is -0.492 e. The summed E-state index contributed by atoms with van der Waals surface area (Å²) in [6.07, 6.45) is -0.633. The molecule has 2 aromatic rings. The van der Waals surface area contributed by atoms with E-state index >= 15 is 0 Å². The third-order valence-electron chi connectivity index (χ3n) is 4.15. The molecule has 0 aliphatic heterocycles. The molecule has 0 heterocycles. The van der Waals surface area contributed by atoms with Crippen LogP contribution in [0.3, 0.4) is 0 Å². The second kappa shape index (κ2) is 9.76. The zero-order valence-electron chi connectivity index (χ0n) is 17.4. The maximum absolute atomic E-state index is 12.2. The van der Waals surface area contributed by atoms with E-state index in [0.717, 1.165) is 15.4 Å². The van der Waals surface area contributed by atoms with Crippen LogP contribution in [0.4, 0.5) is 0 Å². The Bertz CT molecular complexity index is 920. The van der Waals surface area contributed by atoms with Gasteiger partial charge in [0.1, 0.15) is 18.1 Å². The van der Waals surface area contributed by atoms with Crippen molar-refractivity contribution in [1.82, 2.24) is 9.62 Å². The standard InChI is InChI=1S/C21H28N2O5S/c1-15-12-16(2)14-19(13-15)28-17(3)21(24)22-10-11-27-18-6-8-20(9-7-18)29(25,26)23(4)5/h6-9,12-14,17H,10-11H2,1-5H3,(H,22,24). The summed E-state index contributed by atoms with van der Waals surface area (Å²) >= 11 is 0. The summed E-state index contributed by atoms with van der Waals surface area (Å²) in [6.45, 7) is 6.20. The number of nitrogens with zero attached hydrogens (tertiary/aromatic N) is 1. The first kappa shape index (κ1) is 22.7. The molecule has 0 bridgehead atoms. The Balaban J connectivity index is 1.79. The molecule has 2 rings (SSSR count). The molecule has 0 saturated carbocycles. The minimum absolute atomic E-state index is 0.195. The molecule has 1 N–H and O–H groups in total. The van der Waals surface area contributed by atoms with E-state index in [0.29, 0.717) is 18.0 Å². The third-order valence-corrected chi connectivity index (χ3v) is 5.98. The van der Waals surface area contributed by atoms with Crippen molar-refractivity contribution in [2.24, 2.45) is 0 Å². The van der Waals surface area contributed by atoms with E-state index in [1.54, 1.807) is 19.1 Å². The summed E-state index contributed by atoms with van der Waals surface area (Å²) in [7, 11) is -0.505. The highest BCUT2D eigenvalue weighted by atomic mass is 32.2. The number of rotatable bonds is 9. The average molecular weight is 421 g/mol. The number of nitrogens with one attached hydrogen (secondary N) is 1. The topological polar surface area (TPSA) is 84.9 Å². The summed E-state index contributed by atoms with van der Waals surface area (Å²) < 4.78 is 36.5. The number of benzene rings is 2. The first-order chi connectivity index (χ1) is 13.6. The summed E-state index contributed by atoms with van der Waals surface area (Å²) in [5.74, 6) is 0.950. The second-order valence-corrected chi connectivity index (χ2v) is 9.13. The molecule has 0 saturated heterocycles. The molecule has 0 aromatic heterocycles. The number of aryl methyl sites for hydroxylation is 2. The number of hydrogen-bond acceptors (Lipinski definition) is 5. The van der Waals surface area contributed by atoms with Gasteiger partial charge in [0.15, 0.2) is 6.10 Å². The Morgan fingerprint density at radius 3 is 2.17 bits per heavy atom. The van der Waals surface area contributed by atoms with Gasteiger partial charge in [0.25, 0.3) is 5.91 Å². The molecule has 0 aliphatic rings. The van der Waals surface area contributed by atoms with Gasteiger partial charge in [0, 0.05) is 14.1 Å². The molecule has 1 amide bonds. The van der Waals surface area contributed by atoms with Crippen molar-refractivity contribution in [3.8, 4) is 11.5 Å². The molecule has 0 radical (unpaired) electrons. The molecule has 0 spiro atoms. The summed E-state index contributed by atoms with van der Waals surface area (Å²) in [5, 5.41) is 2.76. The molecule has 2 aromatic carbocycles. The van der Waals surface area contributed by atoms with Crippen LogP contribution in [0.1, 0.15) is 18.1 Å². The van der Waals surface area contributed by atoms with Gasteiger partial charge in [-0.3, -0.25) is 4.79 Å². The fourth-order valence-corrected chi connectivity index (χ4v) is 3.57. The lowest BCUT2D eigenvalue weighted by molar-refractivity contribution is -0.127. The van der Waals surface area contributed by atoms with E-state index in [4.69, 9.17) is 9.47 Å². The van der Waals surface area contributed by atoms with Crippen LogP contribution in [0.5, 0.6) is 11.5 Å². The normalized spacial score (nSPS) is 12.5. The Labute approximate surface area is 172 Å². The van der Waals surface area contributed by atoms with E-state index in [1.165, 1.54) is 26.2 Å². The molecule has 158 valence electrons. The lowest BCUT2D eigenvalue weighted by Gasteiger charge is -2.16. The Morgan fingerprint density at radius 2 is 1.62 bits per heavy atom. The van der Waals surface area contributed by atoms with Crippen molar-refractivity contribution in [1.29, 1.82) is 0 Å². The van der Waals surface area contributed by atoms with Crippen molar-refractivity contribution in [2.75, 3.05) is 27.2 Å². The maximum Gasteiger partial charge on any atom is 0.260 e. The fourth-order valence-electron chi connectivity index (χ4n) is 2.66. The van der Waals surface area contributed by atoms with Crippen LogP contribution in [-0.2, 0) is 14.8 Å². The summed E-state index contributed by atoms with van der Waals surface area (Å²) in [5.41, 5.74) is 2.15. The molecular weight excluding hydrogens is 392 g/mol. The SMILES string of the molecule is Cc1cc(C)cc(OC(C)C(=O)NCCOc2ccc(S(=O)(=O)N(C)C)cc2)c1. The molecule has 1 atom stereocenters. The van der Waals surface area contributed by atoms with Gasteiger partial charge in [-0.05, 0) is 68.3 Å². The largest absolute Gasteiger partial charge is 0.492 e. The highest BCUT2D eigenvalue weighted by molar-refractivity contribution is 7.89. The van der Waals surface area contributed by atoms with Gasteiger partial charge in [-0.2, -0.15) is 0 Å². The fraction of sp³-hybridized carbons (Fsp3) is 0.381. The zero-order chi connectivity index (χ0) is 21.6. The number of carbonyl (C=O) groups excluding carboxylic acids is 1. The van der Waals surface area contributed by atoms with Crippen LogP contribution in [0.2, 0.25) is 0 Å². The van der Waals surface area contributed by atoms with Crippen LogP contribution in [0.25, 0.3) is 0 Å². The van der Waals surface area contributed by atoms with Crippen molar-refractivity contribution < 1.29 is 22.7 Å². The second-order valence-electron chi connectivity index (χ2n) is 6.98. The highest BCUT2D eigenvalue weighted by Crippen LogP contribution is 2.19. The number of hydrogen-bond donors (Lipinski definition) is 1. The van der Waals surface area contributed by atoms with Crippen molar-refractivity contribution in [2.45, 2.75) is 31.8 Å². The molecule has 29 heavy (non-hydrogen) atoms. The number of ether oxygens (including phenoxy) is 2. The first-order valence-corrected chi connectivity index (χ1v) is 10.7. The molecule has 0 fully saturated rings. The number of sulfonamides is 1. The molecular formula is C21H28N2O5S. The van der Waals surface area contributed by atoms with Crippen LogP contribution in [-0.4, -0.2) is 52.0 Å². The Kier molecular flexibility index (Phi) is 7.64. The summed E-state index contributed by atoms with van der Waals surface area (Å²) in [6, 6.07) is 12.0. The van der Waals surface area contributed by atoms with Gasteiger partial charge >= 0.3 is 0 Å². The van der Waals surface area contributed by atoms with Gasteiger partial charge in [-0.15, -0.1) is 0 Å². The van der Waals surface area contributed by atoms with E-state index in [9.17, 15) is 13.2 Å². The van der Waals surface area contributed by atoms with Crippen LogP contribution >= 0.6 is 0 Å². The Hall–Kier alpha value is -2.58. The highest BCUT2D eigenvalue weighted by Gasteiger charge is 2.17. The van der Waals surface area contributed by atoms with E-state index in [-0.39, 0.29) is 17.4 Å².